The standard InChI is InChI=1S/C12H20N2O2/c1-8-2-3-9(7-13)10(6-8)14-11(15)4-5-12(14)16/h8-10H,2-7,13H2,1H3. The fourth-order valence-corrected chi connectivity index (χ4v) is 2.97. The number of hydrogen-bond donors (Lipinski definition) is 1. The molecule has 2 rings (SSSR count). The van der Waals surface area contributed by atoms with E-state index in [1.54, 1.807) is 0 Å². The van der Waals surface area contributed by atoms with Gasteiger partial charge >= 0.3 is 0 Å². The smallest absolute Gasteiger partial charge is 0.229 e. The Hall–Kier alpha value is -0.900. The third-order valence-electron chi connectivity index (χ3n) is 3.94. The Balaban J connectivity index is 2.15. The van der Waals surface area contributed by atoms with Crippen molar-refractivity contribution in [1.82, 2.24) is 4.90 Å². The third kappa shape index (κ3) is 1.98. The van der Waals surface area contributed by atoms with E-state index < -0.39 is 0 Å². The van der Waals surface area contributed by atoms with Crippen LogP contribution in [0, 0.1) is 11.8 Å². The molecule has 2 fully saturated rings. The highest BCUT2D eigenvalue weighted by atomic mass is 16.2. The predicted molar refractivity (Wildman–Crippen MR) is 60.4 cm³/mol. The minimum absolute atomic E-state index is 0.00236. The van der Waals surface area contributed by atoms with Crippen LogP contribution in [0.25, 0.3) is 0 Å². The number of likely N-dealkylation sites (tertiary alicyclic amines) is 1. The maximum absolute atomic E-state index is 11.7. The largest absolute Gasteiger partial charge is 0.330 e. The van der Waals surface area contributed by atoms with Crippen molar-refractivity contribution in [3.63, 3.8) is 0 Å². The first kappa shape index (κ1) is 11.6. The summed E-state index contributed by atoms with van der Waals surface area (Å²) in [5, 5.41) is 0. The zero-order valence-corrected chi connectivity index (χ0v) is 9.82. The summed E-state index contributed by atoms with van der Waals surface area (Å²) in [6.45, 7) is 2.76. The van der Waals surface area contributed by atoms with Crippen molar-refractivity contribution in [3.8, 4) is 0 Å². The number of carbonyl (C=O) groups excluding carboxylic acids is 2. The van der Waals surface area contributed by atoms with E-state index in [9.17, 15) is 9.59 Å². The van der Waals surface area contributed by atoms with Crippen LogP contribution in [0.4, 0.5) is 0 Å². The van der Waals surface area contributed by atoms with Gasteiger partial charge < -0.3 is 5.73 Å². The summed E-state index contributed by atoms with van der Waals surface area (Å²) in [6.07, 6.45) is 3.91. The molecule has 0 radical (unpaired) electrons. The lowest BCUT2D eigenvalue weighted by molar-refractivity contribution is -0.143. The molecule has 0 aromatic heterocycles. The van der Waals surface area contributed by atoms with Gasteiger partial charge in [0, 0.05) is 18.9 Å². The molecular formula is C12H20N2O2. The Kier molecular flexibility index (Phi) is 3.28. The first-order chi connectivity index (χ1) is 7.63. The number of nitrogens with zero attached hydrogens (tertiary/aromatic N) is 1. The molecule has 4 nitrogen and oxygen atoms in total. The molecule has 1 heterocycles. The zero-order chi connectivity index (χ0) is 11.7. The van der Waals surface area contributed by atoms with Crippen LogP contribution in [0.15, 0.2) is 0 Å². The van der Waals surface area contributed by atoms with Crippen LogP contribution in [-0.2, 0) is 9.59 Å². The van der Waals surface area contributed by atoms with E-state index in [2.05, 4.69) is 6.92 Å². The van der Waals surface area contributed by atoms with E-state index in [-0.39, 0.29) is 17.9 Å². The average molecular weight is 224 g/mol. The van der Waals surface area contributed by atoms with Gasteiger partial charge in [-0.05, 0) is 31.2 Å². The van der Waals surface area contributed by atoms with Crippen molar-refractivity contribution in [1.29, 1.82) is 0 Å². The molecule has 90 valence electrons. The summed E-state index contributed by atoms with van der Waals surface area (Å²) in [5.74, 6) is 0.904. The SMILES string of the molecule is CC1CCC(CN)C(N2C(=O)CCC2=O)C1. The Morgan fingerprint density at radius 3 is 2.44 bits per heavy atom. The number of hydrogen-bond acceptors (Lipinski definition) is 3. The zero-order valence-electron chi connectivity index (χ0n) is 9.82. The second-order valence-corrected chi connectivity index (χ2v) is 5.14. The minimum Gasteiger partial charge on any atom is -0.330 e. The summed E-state index contributed by atoms with van der Waals surface area (Å²) >= 11 is 0. The molecule has 0 aromatic carbocycles. The highest BCUT2D eigenvalue weighted by Crippen LogP contribution is 2.34. The molecule has 2 amide bonds. The molecule has 1 saturated heterocycles. The van der Waals surface area contributed by atoms with E-state index >= 15 is 0 Å². The quantitative estimate of drug-likeness (QED) is 0.709. The molecule has 0 aromatic rings. The van der Waals surface area contributed by atoms with Gasteiger partial charge in [-0.15, -0.1) is 0 Å². The lowest BCUT2D eigenvalue weighted by Gasteiger charge is -2.38. The Morgan fingerprint density at radius 2 is 1.88 bits per heavy atom. The van der Waals surface area contributed by atoms with E-state index in [0.717, 1.165) is 19.3 Å². The third-order valence-corrected chi connectivity index (χ3v) is 3.94. The molecule has 0 bridgehead atoms. The molecule has 1 saturated carbocycles. The highest BCUT2D eigenvalue weighted by Gasteiger charge is 2.40. The van der Waals surface area contributed by atoms with Crippen LogP contribution < -0.4 is 5.73 Å². The Bertz CT molecular complexity index is 287. The molecule has 3 unspecified atom stereocenters. The van der Waals surface area contributed by atoms with E-state index in [0.29, 0.717) is 31.2 Å². The molecule has 1 aliphatic heterocycles. The van der Waals surface area contributed by atoms with Crippen LogP contribution in [0.1, 0.15) is 39.0 Å². The fraction of sp³-hybridized carbons (Fsp3) is 0.833. The van der Waals surface area contributed by atoms with Crippen LogP contribution in [-0.4, -0.2) is 29.3 Å². The summed E-state index contributed by atoms with van der Waals surface area (Å²) in [5.41, 5.74) is 5.75. The number of imide groups is 1. The molecule has 0 spiro atoms. The van der Waals surface area contributed by atoms with Gasteiger partial charge in [-0.1, -0.05) is 13.3 Å². The first-order valence-electron chi connectivity index (χ1n) is 6.18. The number of amides is 2. The second kappa shape index (κ2) is 4.53. The van der Waals surface area contributed by atoms with Crippen LogP contribution in [0.2, 0.25) is 0 Å². The van der Waals surface area contributed by atoms with Gasteiger partial charge in [-0.3, -0.25) is 14.5 Å². The van der Waals surface area contributed by atoms with Crippen LogP contribution in [0.5, 0.6) is 0 Å². The number of rotatable bonds is 2. The topological polar surface area (TPSA) is 63.4 Å². The van der Waals surface area contributed by atoms with Crippen molar-refractivity contribution in [2.24, 2.45) is 17.6 Å². The van der Waals surface area contributed by atoms with Crippen molar-refractivity contribution >= 4 is 11.8 Å². The van der Waals surface area contributed by atoms with Gasteiger partial charge in [0.1, 0.15) is 0 Å². The van der Waals surface area contributed by atoms with Gasteiger partial charge in [-0.25, -0.2) is 0 Å². The summed E-state index contributed by atoms with van der Waals surface area (Å²) in [4.78, 5) is 24.9. The van der Waals surface area contributed by atoms with Crippen molar-refractivity contribution in [2.75, 3.05) is 6.54 Å². The first-order valence-corrected chi connectivity index (χ1v) is 6.18. The maximum Gasteiger partial charge on any atom is 0.229 e. The number of nitrogens with two attached hydrogens (primary N) is 1. The second-order valence-electron chi connectivity index (χ2n) is 5.14. The maximum atomic E-state index is 11.7. The molecule has 4 heteroatoms. The molecular weight excluding hydrogens is 204 g/mol. The van der Waals surface area contributed by atoms with Gasteiger partial charge in [0.2, 0.25) is 11.8 Å². The molecule has 3 atom stereocenters. The van der Waals surface area contributed by atoms with Crippen molar-refractivity contribution < 1.29 is 9.59 Å². The molecule has 16 heavy (non-hydrogen) atoms. The van der Waals surface area contributed by atoms with E-state index in [4.69, 9.17) is 5.73 Å². The molecule has 2 aliphatic rings. The van der Waals surface area contributed by atoms with Gasteiger partial charge in [-0.2, -0.15) is 0 Å². The fourth-order valence-electron chi connectivity index (χ4n) is 2.97. The van der Waals surface area contributed by atoms with Gasteiger partial charge in [0.25, 0.3) is 0 Å². The number of carbonyl (C=O) groups is 2. The summed E-state index contributed by atoms with van der Waals surface area (Å²) in [6, 6.07) is 0.0660. The summed E-state index contributed by atoms with van der Waals surface area (Å²) < 4.78 is 0. The monoisotopic (exact) mass is 224 g/mol. The summed E-state index contributed by atoms with van der Waals surface area (Å²) in [7, 11) is 0. The van der Waals surface area contributed by atoms with Gasteiger partial charge in [0.15, 0.2) is 0 Å². The van der Waals surface area contributed by atoms with Gasteiger partial charge in [0.05, 0.1) is 0 Å². The lowest BCUT2D eigenvalue weighted by atomic mass is 9.78. The lowest BCUT2D eigenvalue weighted by Crippen LogP contribution is -2.48. The normalized spacial score (nSPS) is 35.9. The Morgan fingerprint density at radius 1 is 1.25 bits per heavy atom. The Labute approximate surface area is 96.2 Å². The van der Waals surface area contributed by atoms with E-state index in [1.807, 2.05) is 0 Å². The minimum atomic E-state index is 0.00236. The van der Waals surface area contributed by atoms with Crippen molar-refractivity contribution in [3.05, 3.63) is 0 Å². The van der Waals surface area contributed by atoms with Crippen LogP contribution in [0.3, 0.4) is 0 Å². The average Bonchev–Trinajstić information content (AvgIpc) is 2.58. The van der Waals surface area contributed by atoms with Crippen molar-refractivity contribution in [2.45, 2.75) is 45.1 Å². The molecule has 2 N–H and O–H groups in total. The highest BCUT2D eigenvalue weighted by molar-refractivity contribution is 6.02. The van der Waals surface area contributed by atoms with E-state index in [1.165, 1.54) is 4.90 Å². The molecule has 1 aliphatic carbocycles. The predicted octanol–water partition coefficient (Wildman–Crippen LogP) is 0.899. The van der Waals surface area contributed by atoms with Crippen LogP contribution >= 0.6 is 0 Å².